The molecule has 138 valence electrons. The minimum Gasteiger partial charge on any atom is -0.352 e. The molecule has 0 aliphatic carbocycles. The van der Waals surface area contributed by atoms with E-state index in [4.69, 9.17) is 0 Å². The quantitative estimate of drug-likeness (QED) is 0.807. The SMILES string of the molecule is C[C@@H]1c2ccsc2CCN1C(=O)CCCNC(=O)c1ccc(F)cc1F. The molecule has 2 heterocycles. The molecule has 0 bridgehead atoms. The van der Waals surface area contributed by atoms with Crippen LogP contribution < -0.4 is 5.32 Å². The van der Waals surface area contributed by atoms with Crippen LogP contribution in [-0.4, -0.2) is 29.8 Å². The molecule has 0 fully saturated rings. The summed E-state index contributed by atoms with van der Waals surface area (Å²) < 4.78 is 26.4. The maximum absolute atomic E-state index is 13.6. The van der Waals surface area contributed by atoms with Gasteiger partial charge in [-0.25, -0.2) is 8.78 Å². The van der Waals surface area contributed by atoms with Gasteiger partial charge in [0.05, 0.1) is 11.6 Å². The van der Waals surface area contributed by atoms with Crippen LogP contribution in [0.15, 0.2) is 29.6 Å². The standard InChI is InChI=1S/C19H20F2N2O2S/c1-12-14-7-10-26-17(14)6-9-23(12)18(24)3-2-8-22-19(25)15-5-4-13(20)11-16(15)21/h4-5,7,10-12H,2-3,6,8-9H2,1H3,(H,22,25)/t12-/m1/s1. The predicted molar refractivity (Wildman–Crippen MR) is 96.1 cm³/mol. The number of carbonyl (C=O) groups is 2. The van der Waals surface area contributed by atoms with E-state index in [1.165, 1.54) is 10.4 Å². The summed E-state index contributed by atoms with van der Waals surface area (Å²) in [4.78, 5) is 27.6. The summed E-state index contributed by atoms with van der Waals surface area (Å²) in [7, 11) is 0. The van der Waals surface area contributed by atoms with E-state index in [1.54, 1.807) is 11.3 Å². The van der Waals surface area contributed by atoms with Gasteiger partial charge in [0.2, 0.25) is 5.91 Å². The van der Waals surface area contributed by atoms with Crippen LogP contribution in [0.2, 0.25) is 0 Å². The van der Waals surface area contributed by atoms with Gasteiger partial charge >= 0.3 is 0 Å². The Balaban J connectivity index is 1.46. The molecule has 0 radical (unpaired) electrons. The van der Waals surface area contributed by atoms with E-state index in [1.807, 2.05) is 11.8 Å². The van der Waals surface area contributed by atoms with E-state index in [9.17, 15) is 18.4 Å². The lowest BCUT2D eigenvalue weighted by atomic mass is 10.0. The number of benzene rings is 1. The van der Waals surface area contributed by atoms with Gasteiger partial charge in [-0.1, -0.05) is 0 Å². The third kappa shape index (κ3) is 3.93. The summed E-state index contributed by atoms with van der Waals surface area (Å²) in [6.07, 6.45) is 1.66. The summed E-state index contributed by atoms with van der Waals surface area (Å²) in [6.45, 7) is 3.00. The van der Waals surface area contributed by atoms with Crippen molar-refractivity contribution in [2.45, 2.75) is 32.2 Å². The van der Waals surface area contributed by atoms with Crippen LogP contribution in [0.4, 0.5) is 8.78 Å². The number of nitrogens with one attached hydrogen (secondary N) is 1. The van der Waals surface area contributed by atoms with E-state index < -0.39 is 17.5 Å². The van der Waals surface area contributed by atoms with Crippen molar-refractivity contribution in [3.05, 3.63) is 57.3 Å². The second-order valence-electron chi connectivity index (χ2n) is 6.30. The maximum Gasteiger partial charge on any atom is 0.254 e. The topological polar surface area (TPSA) is 49.4 Å². The second-order valence-corrected chi connectivity index (χ2v) is 7.30. The Hall–Kier alpha value is -2.28. The molecule has 0 spiro atoms. The highest BCUT2D eigenvalue weighted by molar-refractivity contribution is 7.10. The van der Waals surface area contributed by atoms with Crippen molar-refractivity contribution in [3.8, 4) is 0 Å². The summed E-state index contributed by atoms with van der Waals surface area (Å²) in [6, 6.07) is 4.97. The number of rotatable bonds is 5. The summed E-state index contributed by atoms with van der Waals surface area (Å²) in [5.74, 6) is -2.18. The molecule has 1 N–H and O–H groups in total. The van der Waals surface area contributed by atoms with Crippen molar-refractivity contribution in [2.24, 2.45) is 0 Å². The van der Waals surface area contributed by atoms with Crippen molar-refractivity contribution in [1.82, 2.24) is 10.2 Å². The Morgan fingerprint density at radius 1 is 1.31 bits per heavy atom. The minimum absolute atomic E-state index is 0.0524. The Kier molecular flexibility index (Phi) is 5.66. The van der Waals surface area contributed by atoms with E-state index in [0.29, 0.717) is 25.5 Å². The van der Waals surface area contributed by atoms with Crippen LogP contribution in [0.3, 0.4) is 0 Å². The number of halogens is 2. The van der Waals surface area contributed by atoms with Crippen LogP contribution in [0, 0.1) is 11.6 Å². The fourth-order valence-corrected chi connectivity index (χ4v) is 4.17. The Morgan fingerprint density at radius 2 is 2.12 bits per heavy atom. The number of thiophene rings is 1. The maximum atomic E-state index is 13.6. The zero-order valence-corrected chi connectivity index (χ0v) is 15.2. The molecule has 2 amide bonds. The first-order chi connectivity index (χ1) is 12.5. The van der Waals surface area contributed by atoms with Gasteiger partial charge < -0.3 is 10.2 Å². The molecular weight excluding hydrogens is 358 g/mol. The van der Waals surface area contributed by atoms with Crippen LogP contribution in [0.1, 0.15) is 46.6 Å². The monoisotopic (exact) mass is 378 g/mol. The van der Waals surface area contributed by atoms with Gasteiger partial charge in [0, 0.05) is 30.5 Å². The number of amides is 2. The molecular formula is C19H20F2N2O2S. The largest absolute Gasteiger partial charge is 0.352 e. The van der Waals surface area contributed by atoms with Crippen molar-refractivity contribution in [1.29, 1.82) is 0 Å². The summed E-state index contributed by atoms with van der Waals surface area (Å²) >= 11 is 1.73. The highest BCUT2D eigenvalue weighted by Gasteiger charge is 2.27. The van der Waals surface area contributed by atoms with Crippen LogP contribution in [0.5, 0.6) is 0 Å². The van der Waals surface area contributed by atoms with E-state index >= 15 is 0 Å². The highest BCUT2D eigenvalue weighted by Crippen LogP contribution is 2.33. The van der Waals surface area contributed by atoms with Crippen molar-refractivity contribution in [3.63, 3.8) is 0 Å². The fraction of sp³-hybridized carbons (Fsp3) is 0.368. The smallest absolute Gasteiger partial charge is 0.254 e. The number of carbonyl (C=O) groups excluding carboxylic acids is 2. The minimum atomic E-state index is -0.896. The van der Waals surface area contributed by atoms with Crippen molar-refractivity contribution in [2.75, 3.05) is 13.1 Å². The molecule has 2 aromatic rings. The van der Waals surface area contributed by atoms with E-state index in [2.05, 4.69) is 16.8 Å². The van der Waals surface area contributed by atoms with Crippen molar-refractivity contribution < 1.29 is 18.4 Å². The second kappa shape index (κ2) is 7.95. The van der Waals surface area contributed by atoms with Gasteiger partial charge in [-0.3, -0.25) is 9.59 Å². The molecule has 0 saturated heterocycles. The highest BCUT2D eigenvalue weighted by atomic mass is 32.1. The first-order valence-corrected chi connectivity index (χ1v) is 9.44. The predicted octanol–water partition coefficient (Wildman–Crippen LogP) is 3.68. The van der Waals surface area contributed by atoms with Gasteiger partial charge in [0.1, 0.15) is 11.6 Å². The molecule has 0 saturated carbocycles. The molecule has 1 aliphatic rings. The van der Waals surface area contributed by atoms with Gasteiger partial charge in [0.15, 0.2) is 0 Å². The molecule has 1 aromatic carbocycles. The third-order valence-corrected chi connectivity index (χ3v) is 5.62. The molecule has 0 unspecified atom stereocenters. The zero-order valence-electron chi connectivity index (χ0n) is 14.4. The Labute approximate surface area is 154 Å². The first kappa shape index (κ1) is 18.5. The van der Waals surface area contributed by atoms with Gasteiger partial charge in [-0.05, 0) is 48.9 Å². The first-order valence-electron chi connectivity index (χ1n) is 8.56. The van der Waals surface area contributed by atoms with Gasteiger partial charge in [-0.15, -0.1) is 11.3 Å². The molecule has 1 aliphatic heterocycles. The van der Waals surface area contributed by atoms with E-state index in [0.717, 1.165) is 18.6 Å². The average molecular weight is 378 g/mol. The lowest BCUT2D eigenvalue weighted by molar-refractivity contribution is -0.133. The number of nitrogens with zero attached hydrogens (tertiary/aromatic N) is 1. The van der Waals surface area contributed by atoms with Crippen molar-refractivity contribution >= 4 is 23.2 Å². The molecule has 3 rings (SSSR count). The van der Waals surface area contributed by atoms with Crippen LogP contribution in [0.25, 0.3) is 0 Å². The molecule has 26 heavy (non-hydrogen) atoms. The number of fused-ring (bicyclic) bond motifs is 1. The third-order valence-electron chi connectivity index (χ3n) is 4.63. The molecule has 4 nitrogen and oxygen atoms in total. The van der Waals surface area contributed by atoms with Gasteiger partial charge in [0.25, 0.3) is 5.91 Å². The lowest BCUT2D eigenvalue weighted by Gasteiger charge is -2.33. The number of hydrogen-bond acceptors (Lipinski definition) is 3. The van der Waals surface area contributed by atoms with Crippen LogP contribution >= 0.6 is 11.3 Å². The van der Waals surface area contributed by atoms with E-state index in [-0.39, 0.29) is 24.1 Å². The molecule has 7 heteroatoms. The fourth-order valence-electron chi connectivity index (χ4n) is 3.20. The zero-order chi connectivity index (χ0) is 18.7. The summed E-state index contributed by atoms with van der Waals surface area (Å²) in [5, 5.41) is 4.62. The number of hydrogen-bond donors (Lipinski definition) is 1. The normalized spacial score (nSPS) is 16.3. The Bertz CT molecular complexity index is 822. The molecule has 1 aromatic heterocycles. The Morgan fingerprint density at radius 3 is 2.88 bits per heavy atom. The molecule has 1 atom stereocenters. The lowest BCUT2D eigenvalue weighted by Crippen LogP contribution is -2.38. The summed E-state index contributed by atoms with van der Waals surface area (Å²) in [5.41, 5.74) is 1.02. The average Bonchev–Trinajstić information content (AvgIpc) is 3.08. The van der Waals surface area contributed by atoms with Gasteiger partial charge in [-0.2, -0.15) is 0 Å². The van der Waals surface area contributed by atoms with Crippen LogP contribution in [-0.2, 0) is 11.2 Å².